The van der Waals surface area contributed by atoms with Crippen molar-refractivity contribution in [1.29, 1.82) is 0 Å². The van der Waals surface area contributed by atoms with Crippen molar-refractivity contribution in [3.05, 3.63) is 58.1 Å². The molecule has 2 saturated heterocycles. The Balaban J connectivity index is 0.800. The number of piperazine rings is 1. The molecule has 2 aliphatic carbocycles. The Labute approximate surface area is 293 Å². The van der Waals surface area contributed by atoms with E-state index in [0.29, 0.717) is 78.1 Å². The van der Waals surface area contributed by atoms with Crippen molar-refractivity contribution >= 4 is 45.9 Å². The maximum absolute atomic E-state index is 15.1. The van der Waals surface area contributed by atoms with Crippen molar-refractivity contribution < 1.29 is 27.8 Å². The van der Waals surface area contributed by atoms with Gasteiger partial charge in [0, 0.05) is 62.2 Å². The molecule has 0 radical (unpaired) electrons. The van der Waals surface area contributed by atoms with Gasteiger partial charge in [-0.15, -0.1) is 0 Å². The van der Waals surface area contributed by atoms with Gasteiger partial charge in [-0.25, -0.2) is 13.8 Å². The monoisotopic (exact) mass is 710 g/mol. The maximum atomic E-state index is 15.1. The third kappa shape index (κ3) is 8.75. The lowest BCUT2D eigenvalue weighted by molar-refractivity contribution is -0.133. The third-order valence-corrected chi connectivity index (χ3v) is 11.4. The molecule has 2 saturated carbocycles. The average Bonchev–Trinajstić information content (AvgIpc) is 3.93. The Bertz CT molecular complexity index is 1760. The maximum Gasteiger partial charge on any atom is 0.261 e. The van der Waals surface area contributed by atoms with E-state index in [1.54, 1.807) is 30.0 Å². The van der Waals surface area contributed by atoms with Crippen LogP contribution < -0.4 is 25.8 Å². The van der Waals surface area contributed by atoms with Gasteiger partial charge >= 0.3 is 0 Å². The highest BCUT2D eigenvalue weighted by Gasteiger charge is 2.28. The number of benzene rings is 2. The Kier molecular flexibility index (Phi) is 10.9. The molecule has 4 fully saturated rings. The molecule has 7 rings (SSSR count). The molecular formula is C36H44F2N6O5S. The number of halogens is 2. The molecule has 268 valence electrons. The average molecular weight is 711 g/mol. The summed E-state index contributed by atoms with van der Waals surface area (Å²) < 4.78 is 41.7. The summed E-state index contributed by atoms with van der Waals surface area (Å²) >= 11 is 1.77. The molecule has 1 unspecified atom stereocenters. The molecule has 2 aliphatic heterocycles. The fourth-order valence-electron chi connectivity index (χ4n) is 6.91. The van der Waals surface area contributed by atoms with E-state index in [4.69, 9.17) is 9.47 Å². The van der Waals surface area contributed by atoms with Gasteiger partial charge in [0.05, 0.1) is 36.3 Å². The van der Waals surface area contributed by atoms with Gasteiger partial charge in [-0.05, 0) is 69.1 Å². The minimum absolute atomic E-state index is 0.0289. The van der Waals surface area contributed by atoms with Crippen LogP contribution in [0.15, 0.2) is 35.1 Å². The molecular weight excluding hydrogens is 666 g/mol. The number of ether oxygens (including phenoxy) is 2. The zero-order valence-electron chi connectivity index (χ0n) is 28.1. The lowest BCUT2D eigenvalue weighted by Crippen LogP contribution is -2.48. The molecule has 14 heteroatoms. The molecule has 3 N–H and O–H groups in total. The molecule has 2 aromatic carbocycles. The lowest BCUT2D eigenvalue weighted by Gasteiger charge is -2.36. The van der Waals surface area contributed by atoms with Gasteiger partial charge in [-0.3, -0.25) is 24.6 Å². The first-order chi connectivity index (χ1) is 24.3. The fourth-order valence-corrected chi connectivity index (χ4v) is 8.04. The van der Waals surface area contributed by atoms with Gasteiger partial charge in [-0.2, -0.15) is 11.8 Å². The molecule has 3 aromatic rings. The first-order valence-corrected chi connectivity index (χ1v) is 18.8. The number of hydrogen-bond acceptors (Lipinski definition) is 10. The van der Waals surface area contributed by atoms with Crippen molar-refractivity contribution in [2.24, 2.45) is 5.92 Å². The number of carbonyl (C=O) groups is 2. The molecule has 1 atom stereocenters. The number of rotatable bonds is 13. The second-order valence-electron chi connectivity index (χ2n) is 13.8. The van der Waals surface area contributed by atoms with Gasteiger partial charge in [0.2, 0.25) is 11.8 Å². The van der Waals surface area contributed by atoms with Gasteiger partial charge < -0.3 is 24.7 Å². The predicted molar refractivity (Wildman–Crippen MR) is 189 cm³/mol. The molecule has 3 heterocycles. The van der Waals surface area contributed by atoms with Gasteiger partial charge in [0.15, 0.2) is 0 Å². The van der Waals surface area contributed by atoms with Crippen LogP contribution in [0.25, 0.3) is 10.9 Å². The lowest BCUT2D eigenvalue weighted by atomic mass is 9.97. The number of anilines is 2. The summed E-state index contributed by atoms with van der Waals surface area (Å²) in [4.78, 5) is 47.8. The fraction of sp³-hybridized carbons (Fsp3) is 0.556. The van der Waals surface area contributed by atoms with Crippen molar-refractivity contribution in [2.75, 3.05) is 56.2 Å². The van der Waals surface area contributed by atoms with Crippen LogP contribution in [0.3, 0.4) is 0 Å². The molecule has 0 spiro atoms. The first-order valence-electron chi connectivity index (χ1n) is 17.7. The Morgan fingerprint density at radius 1 is 0.940 bits per heavy atom. The van der Waals surface area contributed by atoms with Crippen LogP contribution in [0, 0.1) is 17.6 Å². The van der Waals surface area contributed by atoms with Crippen molar-refractivity contribution in [3.63, 3.8) is 0 Å². The molecule has 1 aromatic heterocycles. The van der Waals surface area contributed by atoms with Crippen LogP contribution in [0.5, 0.6) is 5.75 Å². The number of piperidine rings is 1. The first kappa shape index (κ1) is 34.7. The van der Waals surface area contributed by atoms with Gasteiger partial charge in [-0.1, -0.05) is 0 Å². The number of amides is 2. The Hall–Kier alpha value is -3.75. The van der Waals surface area contributed by atoms with Gasteiger partial charge in [0.25, 0.3) is 5.56 Å². The standard InChI is InChI=1S/C36H44F2N6O5S/c37-27-17-23(39-29-8-10-33(45)42-35(29)46)3-9-31(27)44-13-11-43(12-14-44)15-16-48-24-4-6-26(7-5-24)50-21-32-40-30-19-25(49-20-22-1-2-22)18-28(38)34(30)36(47)41-32/h3,9,17-19,22,24,26,29,39H,1-2,4-8,10-16,20-21H2,(H,40,41,47)(H,42,45,46). The SMILES string of the molecule is O=C1CCC(Nc2ccc(N3CCN(CCOC4CCC(SCc5nc6cc(OCC7CC7)cc(F)c6c(=O)[nH]5)CC4)CC3)c(F)c2)C(=O)N1. The number of imide groups is 1. The number of thioether (sulfide) groups is 1. The highest BCUT2D eigenvalue weighted by molar-refractivity contribution is 7.99. The summed E-state index contributed by atoms with van der Waals surface area (Å²) in [6, 6.07) is 7.32. The van der Waals surface area contributed by atoms with E-state index in [0.717, 1.165) is 58.2 Å². The smallest absolute Gasteiger partial charge is 0.261 e. The quantitative estimate of drug-likeness (QED) is 0.217. The predicted octanol–water partition coefficient (Wildman–Crippen LogP) is 4.59. The Morgan fingerprint density at radius 2 is 1.74 bits per heavy atom. The largest absolute Gasteiger partial charge is 0.493 e. The minimum Gasteiger partial charge on any atom is -0.493 e. The van der Waals surface area contributed by atoms with E-state index in [9.17, 15) is 18.8 Å². The summed E-state index contributed by atoms with van der Waals surface area (Å²) in [7, 11) is 0. The van der Waals surface area contributed by atoms with E-state index >= 15 is 4.39 Å². The van der Waals surface area contributed by atoms with Crippen molar-refractivity contribution in [2.45, 2.75) is 74.5 Å². The van der Waals surface area contributed by atoms with Crippen LogP contribution >= 0.6 is 11.8 Å². The molecule has 50 heavy (non-hydrogen) atoms. The number of aromatic amines is 1. The highest BCUT2D eigenvalue weighted by Crippen LogP contribution is 2.33. The van der Waals surface area contributed by atoms with E-state index in [1.165, 1.54) is 12.1 Å². The van der Waals surface area contributed by atoms with Gasteiger partial charge in [0.1, 0.15) is 34.6 Å². The number of H-pyrrole nitrogens is 1. The number of nitrogens with zero attached hydrogens (tertiary/aromatic N) is 3. The van der Waals surface area contributed by atoms with Crippen LogP contribution in [0.1, 0.15) is 57.2 Å². The third-order valence-electron chi connectivity index (χ3n) is 10.0. The number of hydrogen-bond donors (Lipinski definition) is 3. The number of aromatic nitrogens is 2. The van der Waals surface area contributed by atoms with Crippen molar-refractivity contribution in [1.82, 2.24) is 20.2 Å². The minimum atomic E-state index is -0.609. The summed E-state index contributed by atoms with van der Waals surface area (Å²) in [6.45, 7) is 5.10. The van der Waals surface area contributed by atoms with Crippen LogP contribution in [-0.2, 0) is 20.1 Å². The molecule has 11 nitrogen and oxygen atoms in total. The number of carbonyl (C=O) groups excluding carboxylic acids is 2. The number of nitrogens with one attached hydrogen (secondary N) is 3. The van der Waals surface area contributed by atoms with E-state index in [1.807, 2.05) is 4.90 Å². The second-order valence-corrected chi connectivity index (χ2v) is 15.1. The summed E-state index contributed by atoms with van der Waals surface area (Å²) in [6.07, 6.45) is 7.16. The highest BCUT2D eigenvalue weighted by atomic mass is 32.2. The molecule has 0 bridgehead atoms. The zero-order chi connectivity index (χ0) is 34.6. The van der Waals surface area contributed by atoms with Crippen LogP contribution in [-0.4, -0.2) is 90.0 Å². The van der Waals surface area contributed by atoms with Crippen molar-refractivity contribution in [3.8, 4) is 5.75 Å². The van der Waals surface area contributed by atoms with E-state index in [2.05, 4.69) is 25.5 Å². The van der Waals surface area contributed by atoms with Crippen LogP contribution in [0.2, 0.25) is 0 Å². The molecule has 4 aliphatic rings. The summed E-state index contributed by atoms with van der Waals surface area (Å²) in [5, 5.41) is 5.76. The normalized spacial score (nSPS) is 23.2. The second kappa shape index (κ2) is 15.6. The van der Waals surface area contributed by atoms with E-state index in [-0.39, 0.29) is 35.5 Å². The zero-order valence-corrected chi connectivity index (χ0v) is 28.9. The summed E-state index contributed by atoms with van der Waals surface area (Å²) in [5.41, 5.74) is 0.932. The van der Waals surface area contributed by atoms with Crippen LogP contribution in [0.4, 0.5) is 20.2 Å². The topological polar surface area (TPSA) is 129 Å². The van der Waals surface area contributed by atoms with E-state index < -0.39 is 17.4 Å². The summed E-state index contributed by atoms with van der Waals surface area (Å²) in [5.74, 6) is 0.444. The number of fused-ring (bicyclic) bond motifs is 1. The Morgan fingerprint density at radius 3 is 2.48 bits per heavy atom. The molecule has 2 amide bonds.